The molecule has 2 N–H and O–H groups in total. The van der Waals surface area contributed by atoms with Crippen molar-refractivity contribution in [1.82, 2.24) is 10.6 Å². The number of carbonyl (C=O) groups is 3. The molecule has 0 saturated carbocycles. The number of nitrogens with one attached hydrogen (secondary N) is 2. The lowest BCUT2D eigenvalue weighted by atomic mass is 10.3. The van der Waals surface area contributed by atoms with Gasteiger partial charge in [-0.2, -0.15) is 0 Å². The van der Waals surface area contributed by atoms with E-state index in [0.717, 1.165) is 54.1 Å². The summed E-state index contributed by atoms with van der Waals surface area (Å²) >= 11 is 0. The summed E-state index contributed by atoms with van der Waals surface area (Å²) in [6, 6.07) is 0. The number of quaternary nitrogens is 2. The molecule has 212 valence electrons. The molecule has 0 rings (SSSR count). The van der Waals surface area contributed by atoms with Crippen LogP contribution in [-0.4, -0.2) is 92.2 Å². The first-order valence-electron chi connectivity index (χ1n) is 12.9. The SMILES string of the molecule is C=CC(=O)NCCC[N+](CC)(CC)CC.C=CC(=O)NCCC[N+](CC)(CC)CC.C=CC(=O)[O-].[Cl-]. The van der Waals surface area contributed by atoms with Crippen LogP contribution in [0.2, 0.25) is 0 Å². The molecule has 0 radical (unpaired) electrons. The number of nitrogens with zero attached hydrogens (tertiary/aromatic N) is 2. The molecule has 0 fully saturated rings. The predicted octanol–water partition coefficient (Wildman–Crippen LogP) is -0.963. The van der Waals surface area contributed by atoms with Gasteiger partial charge in [0.2, 0.25) is 11.8 Å². The van der Waals surface area contributed by atoms with Gasteiger partial charge in [0, 0.05) is 25.9 Å². The number of hydrogen-bond acceptors (Lipinski definition) is 4. The summed E-state index contributed by atoms with van der Waals surface area (Å²) in [5.74, 6) is -1.37. The lowest BCUT2D eigenvalue weighted by molar-refractivity contribution is -0.923. The first-order valence-corrected chi connectivity index (χ1v) is 12.9. The molecule has 0 spiro atoms. The largest absolute Gasteiger partial charge is 1.00 e. The second-order valence-corrected chi connectivity index (χ2v) is 8.25. The molecule has 0 aromatic carbocycles. The zero-order valence-electron chi connectivity index (χ0n) is 23.7. The highest BCUT2D eigenvalue weighted by molar-refractivity contribution is 5.87. The summed E-state index contributed by atoms with van der Waals surface area (Å²) in [5.41, 5.74) is 0. The summed E-state index contributed by atoms with van der Waals surface area (Å²) in [6.07, 6.45) is 5.44. The number of carboxylic acid groups (broad SMARTS) is 1. The number of carbonyl (C=O) groups excluding carboxylic acids is 3. The van der Waals surface area contributed by atoms with Gasteiger partial charge in [0.05, 0.1) is 58.3 Å². The lowest BCUT2D eigenvalue weighted by Crippen LogP contribution is -3.00. The standard InChI is InChI=1S/2C12H24N2O.C3H4O2.ClH/c2*1-5-12(15)13-10-9-11-14(6-2,7-3)8-4;1-2-3(4)5;/h2*5H,1,6-11H2,2-4H3;2H,1H2,(H,4,5);1H. The zero-order chi connectivity index (χ0) is 27.8. The normalized spacial score (nSPS) is 10.2. The molecular formula is C27H53ClN4O4. The first kappa shape index (κ1) is 41.0. The van der Waals surface area contributed by atoms with Crippen LogP contribution in [0.3, 0.4) is 0 Å². The van der Waals surface area contributed by atoms with E-state index in [1.54, 1.807) is 0 Å². The Hall–Kier alpha value is -2.16. The van der Waals surface area contributed by atoms with Crippen LogP contribution in [0.4, 0.5) is 0 Å². The van der Waals surface area contributed by atoms with Gasteiger partial charge in [-0.3, -0.25) is 9.59 Å². The van der Waals surface area contributed by atoms with Crippen molar-refractivity contribution in [2.75, 3.05) is 65.4 Å². The summed E-state index contributed by atoms with van der Waals surface area (Å²) in [4.78, 5) is 31.0. The van der Waals surface area contributed by atoms with Crippen LogP contribution in [0.1, 0.15) is 54.4 Å². The Kier molecular flexibility index (Phi) is 29.5. The van der Waals surface area contributed by atoms with E-state index in [1.165, 1.54) is 51.4 Å². The van der Waals surface area contributed by atoms with Crippen LogP contribution in [-0.2, 0) is 14.4 Å². The average Bonchev–Trinajstić information content (AvgIpc) is 2.90. The van der Waals surface area contributed by atoms with E-state index in [1.807, 2.05) is 0 Å². The fraction of sp³-hybridized carbons (Fsp3) is 0.667. The summed E-state index contributed by atoms with van der Waals surface area (Å²) in [7, 11) is 0. The Labute approximate surface area is 227 Å². The summed E-state index contributed by atoms with van der Waals surface area (Å²) < 4.78 is 2.29. The lowest BCUT2D eigenvalue weighted by Gasteiger charge is -2.35. The van der Waals surface area contributed by atoms with E-state index < -0.39 is 5.97 Å². The van der Waals surface area contributed by atoms with Crippen molar-refractivity contribution in [3.63, 3.8) is 0 Å². The molecule has 0 aromatic rings. The van der Waals surface area contributed by atoms with Gasteiger partial charge >= 0.3 is 0 Å². The number of rotatable bonds is 17. The number of halogens is 1. The van der Waals surface area contributed by atoms with E-state index in [4.69, 9.17) is 9.90 Å². The van der Waals surface area contributed by atoms with E-state index in [0.29, 0.717) is 0 Å². The van der Waals surface area contributed by atoms with Crippen molar-refractivity contribution in [3.8, 4) is 0 Å². The highest BCUT2D eigenvalue weighted by Gasteiger charge is 2.20. The zero-order valence-corrected chi connectivity index (χ0v) is 24.5. The molecule has 0 aromatic heterocycles. The van der Waals surface area contributed by atoms with Gasteiger partial charge in [-0.25, -0.2) is 0 Å². The third-order valence-corrected chi connectivity index (χ3v) is 6.78. The highest BCUT2D eigenvalue weighted by atomic mass is 35.5. The van der Waals surface area contributed by atoms with Gasteiger partial charge in [-0.15, -0.1) is 0 Å². The summed E-state index contributed by atoms with van der Waals surface area (Å²) in [5, 5.41) is 14.8. The van der Waals surface area contributed by atoms with Gasteiger partial charge in [-0.1, -0.05) is 19.7 Å². The Morgan fingerprint density at radius 1 is 0.639 bits per heavy atom. The Morgan fingerprint density at radius 3 is 1.06 bits per heavy atom. The fourth-order valence-corrected chi connectivity index (χ4v) is 3.69. The van der Waals surface area contributed by atoms with Gasteiger partial charge in [-0.05, 0) is 59.8 Å². The minimum atomic E-state index is -1.23. The van der Waals surface area contributed by atoms with Crippen molar-refractivity contribution < 1.29 is 40.9 Å². The molecule has 0 aliphatic rings. The van der Waals surface area contributed by atoms with Crippen molar-refractivity contribution in [2.24, 2.45) is 0 Å². The predicted molar refractivity (Wildman–Crippen MR) is 144 cm³/mol. The van der Waals surface area contributed by atoms with Crippen LogP contribution in [0, 0.1) is 0 Å². The minimum Gasteiger partial charge on any atom is -1.00 e. The molecule has 8 nitrogen and oxygen atoms in total. The van der Waals surface area contributed by atoms with Crippen LogP contribution in [0.5, 0.6) is 0 Å². The first-order chi connectivity index (χ1) is 16.5. The molecule has 0 heterocycles. The maximum atomic E-state index is 10.9. The Morgan fingerprint density at radius 2 is 0.889 bits per heavy atom. The second kappa shape index (κ2) is 25.9. The number of carboxylic acids is 1. The third kappa shape index (κ3) is 21.1. The molecule has 2 amide bonds. The van der Waals surface area contributed by atoms with Crippen molar-refractivity contribution in [3.05, 3.63) is 38.0 Å². The monoisotopic (exact) mass is 532 g/mol. The smallest absolute Gasteiger partial charge is 0.243 e. The minimum absolute atomic E-state index is 0. The van der Waals surface area contributed by atoms with Crippen molar-refractivity contribution >= 4 is 17.8 Å². The topological polar surface area (TPSA) is 98.3 Å². The third-order valence-electron chi connectivity index (χ3n) is 6.78. The molecule has 9 heteroatoms. The van der Waals surface area contributed by atoms with E-state index >= 15 is 0 Å². The average molecular weight is 533 g/mol. The fourth-order valence-electron chi connectivity index (χ4n) is 3.69. The number of amides is 2. The van der Waals surface area contributed by atoms with Crippen LogP contribution in [0.25, 0.3) is 0 Å². The quantitative estimate of drug-likeness (QED) is 0.143. The van der Waals surface area contributed by atoms with Crippen LogP contribution >= 0.6 is 0 Å². The van der Waals surface area contributed by atoms with Crippen LogP contribution < -0.4 is 28.1 Å². The molecule has 0 saturated heterocycles. The van der Waals surface area contributed by atoms with Gasteiger partial charge in [0.25, 0.3) is 0 Å². The molecule has 0 aliphatic carbocycles. The number of hydrogen-bond donors (Lipinski definition) is 2. The van der Waals surface area contributed by atoms with E-state index in [-0.39, 0.29) is 24.2 Å². The molecular weight excluding hydrogens is 480 g/mol. The van der Waals surface area contributed by atoms with Crippen molar-refractivity contribution in [2.45, 2.75) is 54.4 Å². The van der Waals surface area contributed by atoms with Crippen LogP contribution in [0.15, 0.2) is 38.0 Å². The maximum Gasteiger partial charge on any atom is 0.243 e. The maximum absolute atomic E-state index is 10.9. The molecule has 36 heavy (non-hydrogen) atoms. The Balaban J connectivity index is -0.000000234. The Bertz CT molecular complexity index is 558. The summed E-state index contributed by atoms with van der Waals surface area (Å²) in [6.45, 7) is 33.9. The van der Waals surface area contributed by atoms with Gasteiger partial charge < -0.3 is 41.9 Å². The number of aliphatic carboxylic acids is 1. The highest BCUT2D eigenvalue weighted by Crippen LogP contribution is 2.07. The molecule has 0 unspecified atom stereocenters. The molecule has 0 atom stereocenters. The van der Waals surface area contributed by atoms with E-state index in [2.05, 4.69) is 71.9 Å². The van der Waals surface area contributed by atoms with Gasteiger partial charge in [0.15, 0.2) is 0 Å². The van der Waals surface area contributed by atoms with Gasteiger partial charge in [0.1, 0.15) is 0 Å². The molecule has 0 aliphatic heterocycles. The molecule has 0 bridgehead atoms. The van der Waals surface area contributed by atoms with Crippen molar-refractivity contribution in [1.29, 1.82) is 0 Å². The van der Waals surface area contributed by atoms with E-state index in [9.17, 15) is 9.59 Å². The second-order valence-electron chi connectivity index (χ2n) is 8.25.